The summed E-state index contributed by atoms with van der Waals surface area (Å²) >= 11 is 0. The van der Waals surface area contributed by atoms with Crippen molar-refractivity contribution in [1.82, 2.24) is 0 Å². The van der Waals surface area contributed by atoms with Gasteiger partial charge in [-0.1, -0.05) is 45.0 Å². The van der Waals surface area contributed by atoms with E-state index < -0.39 is 8.32 Å². The van der Waals surface area contributed by atoms with E-state index in [4.69, 9.17) is 13.9 Å². The number of nitrogens with one attached hydrogen (secondary N) is 1. The van der Waals surface area contributed by atoms with Gasteiger partial charge in [-0.2, -0.15) is 0 Å². The van der Waals surface area contributed by atoms with Crippen molar-refractivity contribution in [1.29, 1.82) is 0 Å². The van der Waals surface area contributed by atoms with E-state index in [0.29, 0.717) is 11.3 Å². The summed E-state index contributed by atoms with van der Waals surface area (Å²) in [6, 6.07) is 22.1. The van der Waals surface area contributed by atoms with Crippen molar-refractivity contribution < 1.29 is 13.9 Å². The minimum atomic E-state index is -1.81. The molecule has 2 aliphatic rings. The molecule has 0 aliphatic heterocycles. The average Bonchev–Trinajstić information content (AvgIpc) is 3.74. The van der Waals surface area contributed by atoms with E-state index in [1.54, 1.807) is 14.2 Å². The quantitative estimate of drug-likeness (QED) is 0.233. The van der Waals surface area contributed by atoms with Crippen molar-refractivity contribution in [2.24, 2.45) is 5.41 Å². The first-order valence-corrected chi connectivity index (χ1v) is 18.3. The minimum absolute atomic E-state index is 0.204. The molecule has 0 radical (unpaired) electrons. The summed E-state index contributed by atoms with van der Waals surface area (Å²) in [6.45, 7) is 12.5. The van der Waals surface area contributed by atoms with Crippen LogP contribution in [0.1, 0.15) is 74.6 Å². The monoisotopic (exact) mass is 571 g/mol. The lowest BCUT2D eigenvalue weighted by Crippen LogP contribution is -2.43. The smallest absolute Gasteiger partial charge is 0.250 e. The Morgan fingerprint density at radius 3 is 2.17 bits per heavy atom. The average molecular weight is 572 g/mol. The van der Waals surface area contributed by atoms with Gasteiger partial charge in [-0.3, -0.25) is 0 Å². The third kappa shape index (κ3) is 6.94. The normalized spacial score (nSPS) is 17.9. The second-order valence-corrected chi connectivity index (χ2v) is 18.6. The fourth-order valence-electron chi connectivity index (χ4n) is 5.85. The summed E-state index contributed by atoms with van der Waals surface area (Å²) in [6.07, 6.45) is 8.22. The highest BCUT2D eigenvalue weighted by molar-refractivity contribution is 6.74. The molecule has 1 fully saturated rings. The van der Waals surface area contributed by atoms with Gasteiger partial charge < -0.3 is 19.2 Å². The molecule has 0 spiro atoms. The molecule has 0 aromatic heterocycles. The molecule has 0 amide bonds. The Morgan fingerprint density at radius 2 is 1.51 bits per heavy atom. The summed E-state index contributed by atoms with van der Waals surface area (Å²) in [4.78, 5) is 0. The van der Waals surface area contributed by atoms with Crippen molar-refractivity contribution in [3.05, 3.63) is 82.9 Å². The van der Waals surface area contributed by atoms with Gasteiger partial charge in [0.25, 0.3) is 0 Å². The highest BCUT2D eigenvalue weighted by atomic mass is 28.4. The topological polar surface area (TPSA) is 39.7 Å². The molecule has 41 heavy (non-hydrogen) atoms. The van der Waals surface area contributed by atoms with Crippen molar-refractivity contribution >= 4 is 14.0 Å². The zero-order valence-corrected chi connectivity index (χ0v) is 27.2. The van der Waals surface area contributed by atoms with E-state index in [9.17, 15) is 0 Å². The second kappa shape index (κ2) is 11.8. The number of rotatable bonds is 11. The van der Waals surface area contributed by atoms with Crippen molar-refractivity contribution in [2.45, 2.75) is 89.8 Å². The third-order valence-corrected chi connectivity index (χ3v) is 14.4. The van der Waals surface area contributed by atoms with E-state index in [0.717, 1.165) is 49.5 Å². The molecule has 1 N–H and O–H groups in total. The first-order chi connectivity index (χ1) is 19.5. The molecule has 5 heteroatoms. The summed E-state index contributed by atoms with van der Waals surface area (Å²) in [5.41, 5.74) is 7.32. The van der Waals surface area contributed by atoms with Gasteiger partial charge in [0.05, 0.1) is 14.2 Å². The summed E-state index contributed by atoms with van der Waals surface area (Å²) in [7, 11) is 1.69. The first kappa shape index (κ1) is 29.6. The molecule has 1 saturated carbocycles. The lowest BCUT2D eigenvalue weighted by atomic mass is 9.79. The molecule has 2 aliphatic carbocycles. The molecule has 1 unspecified atom stereocenters. The van der Waals surface area contributed by atoms with Crippen LogP contribution in [-0.2, 0) is 19.3 Å². The Labute approximate surface area is 248 Å². The van der Waals surface area contributed by atoms with Crippen LogP contribution < -0.4 is 19.2 Å². The third-order valence-electron chi connectivity index (χ3n) is 10.00. The van der Waals surface area contributed by atoms with Gasteiger partial charge >= 0.3 is 0 Å². The van der Waals surface area contributed by atoms with Crippen LogP contribution in [0.4, 0.5) is 5.69 Å². The molecule has 3 aromatic rings. The highest BCUT2D eigenvalue weighted by Crippen LogP contribution is 2.50. The van der Waals surface area contributed by atoms with E-state index in [1.165, 1.54) is 47.2 Å². The molecule has 0 heterocycles. The number of fused-ring (bicyclic) bond motifs is 1. The zero-order chi connectivity index (χ0) is 29.3. The fourth-order valence-corrected chi connectivity index (χ4v) is 6.88. The predicted molar refractivity (Wildman–Crippen MR) is 173 cm³/mol. The molecule has 0 bridgehead atoms. The first-order valence-electron chi connectivity index (χ1n) is 15.4. The van der Waals surface area contributed by atoms with E-state index in [1.807, 2.05) is 0 Å². The van der Waals surface area contributed by atoms with Crippen LogP contribution in [-0.4, -0.2) is 29.1 Å². The summed E-state index contributed by atoms with van der Waals surface area (Å²) < 4.78 is 17.6. The van der Waals surface area contributed by atoms with Gasteiger partial charge in [0.15, 0.2) is 0 Å². The van der Waals surface area contributed by atoms with Crippen molar-refractivity contribution in [3.8, 4) is 17.2 Å². The number of hydrogen-bond donors (Lipinski definition) is 1. The number of aryl methyl sites for hydroxylation is 2. The molecule has 0 saturated heterocycles. The maximum atomic E-state index is 6.49. The molecular formula is C36H49NO3Si. The number of methoxy groups -OCH3 is 2. The van der Waals surface area contributed by atoms with Gasteiger partial charge in [-0.15, -0.1) is 0 Å². The summed E-state index contributed by atoms with van der Waals surface area (Å²) in [5.74, 6) is 3.39. The highest BCUT2D eigenvalue weighted by Gasteiger charge is 2.42. The molecule has 4 nitrogen and oxygen atoms in total. The number of benzene rings is 3. The van der Waals surface area contributed by atoms with Crippen LogP contribution in [0.2, 0.25) is 18.1 Å². The van der Waals surface area contributed by atoms with Crippen LogP contribution in [0.25, 0.3) is 0 Å². The number of ether oxygens (including phenoxy) is 2. The Hall–Kier alpha value is -2.92. The minimum Gasteiger partial charge on any atom is -0.544 e. The predicted octanol–water partition coefficient (Wildman–Crippen LogP) is 9.19. The number of anilines is 1. The molecule has 220 valence electrons. The van der Waals surface area contributed by atoms with E-state index in [2.05, 4.69) is 99.8 Å². The summed E-state index contributed by atoms with van der Waals surface area (Å²) in [5, 5.41) is 4.10. The number of hydrogen-bond acceptors (Lipinski definition) is 4. The zero-order valence-electron chi connectivity index (χ0n) is 26.2. The molecule has 1 atom stereocenters. The van der Waals surface area contributed by atoms with Crippen LogP contribution in [0.15, 0.2) is 60.7 Å². The van der Waals surface area contributed by atoms with E-state index in [-0.39, 0.29) is 5.04 Å². The van der Waals surface area contributed by atoms with Crippen LogP contribution in [0.3, 0.4) is 0 Å². The van der Waals surface area contributed by atoms with Gasteiger partial charge in [0, 0.05) is 18.3 Å². The molecular weight excluding hydrogens is 522 g/mol. The largest absolute Gasteiger partial charge is 0.544 e. The second-order valence-electron chi connectivity index (χ2n) is 13.9. The van der Waals surface area contributed by atoms with Crippen LogP contribution >= 0.6 is 0 Å². The standard InChI is InChI=1S/C36H49NO3Si/c1-35(2,3)41(6,7)40-30-13-8-26(9-14-30)18-19-36(20-21-36)25-37-34-24-32(39-5)16-17-33(34)29-11-10-28-23-31(38-4)15-12-27(28)22-29/h8-9,12-17,23-24,29,37H,10-11,18-22,25H2,1-7H3. The van der Waals surface area contributed by atoms with Crippen LogP contribution in [0.5, 0.6) is 17.2 Å². The Balaban J connectivity index is 1.21. The van der Waals surface area contributed by atoms with Crippen molar-refractivity contribution in [3.63, 3.8) is 0 Å². The van der Waals surface area contributed by atoms with Crippen molar-refractivity contribution in [2.75, 3.05) is 26.1 Å². The molecule has 3 aromatic carbocycles. The SMILES string of the molecule is COc1ccc2c(c1)CCC(c1ccc(OC)cc1NCC1(CCc3ccc(O[Si](C)(C)C(C)(C)C)cc3)CC1)C2. The lowest BCUT2D eigenvalue weighted by molar-refractivity contribution is 0.413. The van der Waals surface area contributed by atoms with Crippen LogP contribution in [0, 0.1) is 5.41 Å². The Kier molecular flexibility index (Phi) is 8.48. The van der Waals surface area contributed by atoms with Gasteiger partial charge in [0.1, 0.15) is 17.2 Å². The fraction of sp³-hybridized carbons (Fsp3) is 0.500. The Bertz CT molecular complexity index is 1340. The lowest BCUT2D eigenvalue weighted by Gasteiger charge is -2.36. The van der Waals surface area contributed by atoms with E-state index >= 15 is 0 Å². The van der Waals surface area contributed by atoms with Gasteiger partial charge in [-0.25, -0.2) is 0 Å². The van der Waals surface area contributed by atoms with Gasteiger partial charge in [0.2, 0.25) is 8.32 Å². The Morgan fingerprint density at radius 1 is 0.854 bits per heavy atom. The molecule has 5 rings (SSSR count). The maximum absolute atomic E-state index is 6.49. The van der Waals surface area contributed by atoms with Gasteiger partial charge in [-0.05, 0) is 127 Å². The maximum Gasteiger partial charge on any atom is 0.250 e.